The summed E-state index contributed by atoms with van der Waals surface area (Å²) < 4.78 is 11.7. The summed E-state index contributed by atoms with van der Waals surface area (Å²) in [5.74, 6) is -0.370. The van der Waals surface area contributed by atoms with Crippen LogP contribution in [0.1, 0.15) is 31.3 Å². The summed E-state index contributed by atoms with van der Waals surface area (Å²) in [4.78, 5) is 31.8. The number of hydrogen-bond donors (Lipinski definition) is 0. The molecule has 0 N–H and O–H groups in total. The third kappa shape index (κ3) is 5.52. The number of halogens is 1. The number of rotatable bonds is 10. The quantitative estimate of drug-likeness (QED) is 0.316. The van der Waals surface area contributed by atoms with E-state index < -0.39 is 16.7 Å². The van der Waals surface area contributed by atoms with Crippen molar-refractivity contribution in [2.75, 3.05) is 37.7 Å². The maximum Gasteiger partial charge on any atom is 0.433 e. The maximum absolute atomic E-state index is 13.2. The van der Waals surface area contributed by atoms with E-state index in [0.717, 1.165) is 17.8 Å². The molecule has 0 aliphatic rings. The predicted molar refractivity (Wildman–Crippen MR) is 123 cm³/mol. The van der Waals surface area contributed by atoms with E-state index in [0.29, 0.717) is 36.1 Å². The molecule has 11 heteroatoms. The third-order valence-corrected chi connectivity index (χ3v) is 5.71. The summed E-state index contributed by atoms with van der Waals surface area (Å²) in [7, 11) is 0. The second-order valence-electron chi connectivity index (χ2n) is 6.41. The first kappa shape index (κ1) is 24.6. The van der Waals surface area contributed by atoms with E-state index in [-0.39, 0.29) is 18.2 Å². The summed E-state index contributed by atoms with van der Waals surface area (Å²) in [6.07, 6.45) is 0. The summed E-state index contributed by atoms with van der Waals surface area (Å²) in [6, 6.07) is 8.15. The molecule has 168 valence electrons. The second kappa shape index (κ2) is 11.1. The normalized spacial score (nSPS) is 10.8. The number of para-hydroxylation sites is 1. The Balaban J connectivity index is 0.00000341. The molecular weight excluding hydrogens is 444 g/mol. The van der Waals surface area contributed by atoms with E-state index in [4.69, 9.17) is 9.15 Å². The van der Waals surface area contributed by atoms with Gasteiger partial charge in [-0.05, 0) is 38.2 Å². The van der Waals surface area contributed by atoms with Gasteiger partial charge in [0.1, 0.15) is 16.2 Å². The van der Waals surface area contributed by atoms with Crippen LogP contribution in [0.2, 0.25) is 0 Å². The van der Waals surface area contributed by atoms with E-state index in [1.54, 1.807) is 0 Å². The van der Waals surface area contributed by atoms with Crippen LogP contribution in [0.3, 0.4) is 0 Å². The first-order valence-electron chi connectivity index (χ1n) is 9.79. The molecule has 0 fully saturated rings. The Bertz CT molecular complexity index is 1030. The Morgan fingerprint density at radius 3 is 2.55 bits per heavy atom. The number of carbonyl (C=O) groups is 1. The number of fused-ring (bicyclic) bond motifs is 1. The van der Waals surface area contributed by atoms with Crippen LogP contribution in [0.4, 0.5) is 11.0 Å². The van der Waals surface area contributed by atoms with Crippen LogP contribution in [0.25, 0.3) is 10.2 Å². The van der Waals surface area contributed by atoms with E-state index in [1.165, 1.54) is 28.4 Å². The third-order valence-electron chi connectivity index (χ3n) is 4.66. The van der Waals surface area contributed by atoms with Crippen LogP contribution >= 0.6 is 23.7 Å². The summed E-state index contributed by atoms with van der Waals surface area (Å²) >= 11 is 1.37. The molecule has 3 aromatic rings. The second-order valence-corrected chi connectivity index (χ2v) is 7.42. The molecule has 0 unspecified atom stereocenters. The van der Waals surface area contributed by atoms with Crippen LogP contribution in [0, 0.1) is 10.1 Å². The summed E-state index contributed by atoms with van der Waals surface area (Å²) in [6.45, 7) is 9.21. The molecule has 0 aliphatic carbocycles. The zero-order valence-corrected chi connectivity index (χ0v) is 19.2. The van der Waals surface area contributed by atoms with Crippen molar-refractivity contribution in [1.82, 2.24) is 9.88 Å². The average molecular weight is 469 g/mol. The minimum absolute atomic E-state index is 0. The lowest BCUT2D eigenvalue weighted by molar-refractivity contribution is -0.402. The van der Waals surface area contributed by atoms with Crippen LogP contribution in [0.5, 0.6) is 5.75 Å². The lowest BCUT2D eigenvalue weighted by atomic mass is 10.3. The molecule has 1 amide bonds. The van der Waals surface area contributed by atoms with Crippen molar-refractivity contribution in [3.63, 3.8) is 0 Å². The van der Waals surface area contributed by atoms with Gasteiger partial charge < -0.3 is 14.1 Å². The van der Waals surface area contributed by atoms with Gasteiger partial charge in [0, 0.05) is 13.1 Å². The van der Waals surface area contributed by atoms with Crippen molar-refractivity contribution in [2.45, 2.75) is 20.8 Å². The molecule has 0 saturated carbocycles. The van der Waals surface area contributed by atoms with Gasteiger partial charge in [0.2, 0.25) is 0 Å². The molecule has 9 nitrogen and oxygen atoms in total. The highest BCUT2D eigenvalue weighted by Crippen LogP contribution is 2.35. The van der Waals surface area contributed by atoms with E-state index in [9.17, 15) is 14.9 Å². The lowest BCUT2D eigenvalue weighted by Gasteiger charge is -2.24. The first-order valence-corrected chi connectivity index (χ1v) is 10.6. The Hall–Kier alpha value is -2.69. The molecule has 0 radical (unpaired) electrons. The fraction of sp³-hybridized carbons (Fsp3) is 0.400. The summed E-state index contributed by atoms with van der Waals surface area (Å²) in [5, 5.41) is 11.4. The van der Waals surface area contributed by atoms with E-state index in [1.807, 2.05) is 25.1 Å². The van der Waals surface area contributed by atoms with Crippen molar-refractivity contribution in [1.29, 1.82) is 0 Å². The van der Waals surface area contributed by atoms with Crippen molar-refractivity contribution < 1.29 is 18.9 Å². The zero-order valence-electron chi connectivity index (χ0n) is 17.6. The fourth-order valence-corrected chi connectivity index (χ4v) is 4.05. The molecule has 0 bridgehead atoms. The van der Waals surface area contributed by atoms with Crippen LogP contribution < -0.4 is 9.64 Å². The Morgan fingerprint density at radius 1 is 1.19 bits per heavy atom. The Kier molecular flexibility index (Phi) is 8.78. The molecule has 0 spiro atoms. The summed E-state index contributed by atoms with van der Waals surface area (Å²) in [5.41, 5.74) is 0.686. The fourth-order valence-electron chi connectivity index (χ4n) is 3.04. The van der Waals surface area contributed by atoms with Gasteiger partial charge in [-0.1, -0.05) is 31.3 Å². The number of anilines is 1. The molecule has 31 heavy (non-hydrogen) atoms. The van der Waals surface area contributed by atoms with Gasteiger partial charge in [-0.15, -0.1) is 12.4 Å². The van der Waals surface area contributed by atoms with Crippen LogP contribution in [-0.4, -0.2) is 53.5 Å². The smallest absolute Gasteiger partial charge is 0.433 e. The van der Waals surface area contributed by atoms with Gasteiger partial charge >= 0.3 is 5.88 Å². The van der Waals surface area contributed by atoms with Gasteiger partial charge in [-0.25, -0.2) is 4.98 Å². The van der Waals surface area contributed by atoms with E-state index >= 15 is 0 Å². The van der Waals surface area contributed by atoms with Crippen molar-refractivity contribution in [3.8, 4) is 5.75 Å². The topological polar surface area (TPSA) is 102 Å². The first-order chi connectivity index (χ1) is 14.5. The van der Waals surface area contributed by atoms with Gasteiger partial charge in [0.15, 0.2) is 10.9 Å². The molecule has 0 atom stereocenters. The predicted octanol–water partition coefficient (Wildman–Crippen LogP) is 4.61. The number of carbonyl (C=O) groups excluding carboxylic acids is 1. The van der Waals surface area contributed by atoms with Gasteiger partial charge in [0.25, 0.3) is 5.91 Å². The molecular formula is C20H25ClN4O5S. The minimum atomic E-state index is -0.664. The number of furan rings is 1. The lowest BCUT2D eigenvalue weighted by Crippen LogP contribution is -2.38. The zero-order chi connectivity index (χ0) is 21.7. The number of thiazole rings is 1. The number of ether oxygens (including phenoxy) is 1. The molecule has 0 saturated heterocycles. The molecule has 3 rings (SSSR count). The van der Waals surface area contributed by atoms with Gasteiger partial charge in [0.05, 0.1) is 17.4 Å². The van der Waals surface area contributed by atoms with Crippen molar-refractivity contribution >= 4 is 50.9 Å². The highest BCUT2D eigenvalue weighted by Gasteiger charge is 2.26. The van der Waals surface area contributed by atoms with Gasteiger partial charge in [-0.3, -0.25) is 19.8 Å². The average Bonchev–Trinajstić information content (AvgIpc) is 3.39. The largest absolute Gasteiger partial charge is 0.492 e. The molecule has 2 aromatic heterocycles. The van der Waals surface area contributed by atoms with Gasteiger partial charge in [-0.2, -0.15) is 0 Å². The highest BCUT2D eigenvalue weighted by atomic mass is 35.5. The standard InChI is InChI=1S/C20H24N4O5S.ClH/c1-4-22(5-2)12-13-23(19(25)15-10-11-17(29-15)24(26)27)20-21-18-14(28-6-3)8-7-9-16(18)30-20;/h7-11H,4-6,12-13H2,1-3H3;1H. The Labute approximate surface area is 190 Å². The number of hydrogen-bond acceptors (Lipinski definition) is 8. The Morgan fingerprint density at radius 2 is 1.94 bits per heavy atom. The maximum atomic E-state index is 13.2. The number of likely N-dealkylation sites (N-methyl/N-ethyl adjacent to an activating group) is 1. The number of aromatic nitrogens is 1. The van der Waals surface area contributed by atoms with Crippen LogP contribution in [0.15, 0.2) is 34.7 Å². The SMILES string of the molecule is CCOc1cccc2sc(N(CCN(CC)CC)C(=O)c3ccc([N+](=O)[O-])o3)nc12.Cl. The molecule has 2 heterocycles. The molecule has 0 aliphatic heterocycles. The number of nitrogens with zero attached hydrogens (tertiary/aromatic N) is 4. The van der Waals surface area contributed by atoms with Crippen molar-refractivity contribution in [3.05, 3.63) is 46.2 Å². The highest BCUT2D eigenvalue weighted by molar-refractivity contribution is 7.22. The minimum Gasteiger partial charge on any atom is -0.492 e. The number of benzene rings is 1. The monoisotopic (exact) mass is 468 g/mol. The number of nitro groups is 1. The molecule has 1 aromatic carbocycles. The number of amides is 1. The van der Waals surface area contributed by atoms with E-state index in [2.05, 4.69) is 23.7 Å². The van der Waals surface area contributed by atoms with Crippen molar-refractivity contribution in [2.24, 2.45) is 0 Å². The van der Waals surface area contributed by atoms with Crippen LogP contribution in [-0.2, 0) is 0 Å².